The Bertz CT molecular complexity index is 869. The number of amides is 1. The summed E-state index contributed by atoms with van der Waals surface area (Å²) in [5, 5.41) is 1.77. The van der Waals surface area contributed by atoms with Crippen molar-refractivity contribution < 1.29 is 13.2 Å². The van der Waals surface area contributed by atoms with Gasteiger partial charge in [-0.2, -0.15) is 0 Å². The second-order valence-corrected chi connectivity index (χ2v) is 8.36. The summed E-state index contributed by atoms with van der Waals surface area (Å²) in [7, 11) is -1.56. The van der Waals surface area contributed by atoms with Gasteiger partial charge >= 0.3 is 0 Å². The minimum absolute atomic E-state index is 0.161. The van der Waals surface area contributed by atoms with Crippen LogP contribution in [0.15, 0.2) is 42.5 Å². The number of anilines is 1. The van der Waals surface area contributed by atoms with E-state index in [9.17, 15) is 13.2 Å². The van der Waals surface area contributed by atoms with Crippen LogP contribution in [0.4, 0.5) is 5.69 Å². The van der Waals surface area contributed by atoms with E-state index >= 15 is 0 Å². The number of likely N-dealkylation sites (N-methyl/N-ethyl adjacent to an activating group) is 1. The van der Waals surface area contributed by atoms with Crippen molar-refractivity contribution in [3.8, 4) is 0 Å². The smallest absolute Gasteiger partial charge is 0.243 e. The first-order valence-corrected chi connectivity index (χ1v) is 10.1. The SMILES string of the molecule is CN1CCN(C(=O)CN(c2cccc3ccccc23)S(C)(=O)=O)CC1. The van der Waals surface area contributed by atoms with Crippen molar-refractivity contribution in [2.45, 2.75) is 0 Å². The number of sulfonamides is 1. The van der Waals surface area contributed by atoms with Crippen LogP contribution in [0.25, 0.3) is 10.8 Å². The van der Waals surface area contributed by atoms with Crippen molar-refractivity contribution in [2.75, 3.05) is 50.3 Å². The standard InChI is InChI=1S/C18H23N3O3S/c1-19-10-12-20(13-11-19)18(22)14-21(25(2,23)24)17-9-5-7-15-6-3-4-8-16(15)17/h3-9H,10-14H2,1-2H3. The zero-order valence-corrected chi connectivity index (χ0v) is 15.4. The van der Waals surface area contributed by atoms with Crippen LogP contribution in [-0.4, -0.2) is 70.2 Å². The Kier molecular flexibility index (Phi) is 4.96. The molecule has 25 heavy (non-hydrogen) atoms. The molecule has 0 radical (unpaired) electrons. The van der Waals surface area contributed by atoms with Crippen LogP contribution < -0.4 is 4.31 Å². The molecule has 1 heterocycles. The minimum atomic E-state index is -3.58. The second kappa shape index (κ2) is 7.01. The third-order valence-corrected chi connectivity index (χ3v) is 5.70. The van der Waals surface area contributed by atoms with E-state index in [0.717, 1.165) is 30.1 Å². The molecule has 3 rings (SSSR count). The maximum absolute atomic E-state index is 12.7. The summed E-state index contributed by atoms with van der Waals surface area (Å²) < 4.78 is 26.0. The Morgan fingerprint density at radius 2 is 1.68 bits per heavy atom. The van der Waals surface area contributed by atoms with Crippen LogP contribution in [0, 0.1) is 0 Å². The third-order valence-electron chi connectivity index (χ3n) is 4.57. The highest BCUT2D eigenvalue weighted by atomic mass is 32.2. The van der Waals surface area contributed by atoms with Gasteiger partial charge in [-0.1, -0.05) is 36.4 Å². The minimum Gasteiger partial charge on any atom is -0.339 e. The second-order valence-electron chi connectivity index (χ2n) is 6.45. The van der Waals surface area contributed by atoms with Crippen molar-refractivity contribution >= 4 is 32.4 Å². The van der Waals surface area contributed by atoms with Crippen LogP contribution >= 0.6 is 0 Å². The lowest BCUT2D eigenvalue weighted by atomic mass is 10.1. The van der Waals surface area contributed by atoms with E-state index < -0.39 is 10.0 Å². The summed E-state index contributed by atoms with van der Waals surface area (Å²) in [5.41, 5.74) is 0.545. The van der Waals surface area contributed by atoms with Gasteiger partial charge in [0.25, 0.3) is 0 Å². The highest BCUT2D eigenvalue weighted by Crippen LogP contribution is 2.28. The maximum atomic E-state index is 12.7. The average Bonchev–Trinajstić information content (AvgIpc) is 2.59. The van der Waals surface area contributed by atoms with Crippen molar-refractivity contribution in [2.24, 2.45) is 0 Å². The predicted molar refractivity (Wildman–Crippen MR) is 100 cm³/mol. The molecule has 0 spiro atoms. The summed E-state index contributed by atoms with van der Waals surface area (Å²) >= 11 is 0. The van der Waals surface area contributed by atoms with Gasteiger partial charge in [-0.15, -0.1) is 0 Å². The largest absolute Gasteiger partial charge is 0.339 e. The Balaban J connectivity index is 1.92. The zero-order chi connectivity index (χ0) is 18.0. The molecule has 1 saturated heterocycles. The lowest BCUT2D eigenvalue weighted by Gasteiger charge is -2.34. The number of rotatable bonds is 4. The van der Waals surface area contributed by atoms with Gasteiger partial charge in [-0.3, -0.25) is 9.10 Å². The molecule has 0 unspecified atom stereocenters. The molecular formula is C18H23N3O3S. The Morgan fingerprint density at radius 1 is 1.04 bits per heavy atom. The molecule has 0 atom stereocenters. The molecule has 7 heteroatoms. The molecule has 6 nitrogen and oxygen atoms in total. The number of nitrogens with zero attached hydrogens (tertiary/aromatic N) is 3. The van der Waals surface area contributed by atoms with Gasteiger partial charge in [-0.25, -0.2) is 8.42 Å². The van der Waals surface area contributed by atoms with Crippen LogP contribution in [0.1, 0.15) is 0 Å². The summed E-state index contributed by atoms with van der Waals surface area (Å²) in [5.74, 6) is -0.161. The van der Waals surface area contributed by atoms with E-state index in [1.807, 2.05) is 43.4 Å². The third kappa shape index (κ3) is 3.93. The van der Waals surface area contributed by atoms with Gasteiger partial charge < -0.3 is 9.80 Å². The zero-order valence-electron chi connectivity index (χ0n) is 14.6. The average molecular weight is 361 g/mol. The molecule has 134 valence electrons. The number of benzene rings is 2. The molecule has 1 fully saturated rings. The lowest BCUT2D eigenvalue weighted by Crippen LogP contribution is -2.50. The van der Waals surface area contributed by atoms with Gasteiger partial charge in [0.05, 0.1) is 11.9 Å². The highest BCUT2D eigenvalue weighted by Gasteiger charge is 2.26. The molecule has 0 saturated carbocycles. The van der Waals surface area contributed by atoms with E-state index in [1.54, 1.807) is 11.0 Å². The quantitative estimate of drug-likeness (QED) is 0.825. The fourth-order valence-corrected chi connectivity index (χ4v) is 3.95. The molecule has 2 aromatic carbocycles. The van der Waals surface area contributed by atoms with Crippen LogP contribution in [0.3, 0.4) is 0 Å². The van der Waals surface area contributed by atoms with Gasteiger partial charge in [0.1, 0.15) is 6.54 Å². The van der Waals surface area contributed by atoms with E-state index in [2.05, 4.69) is 4.90 Å². The Hall–Kier alpha value is -2.12. The van der Waals surface area contributed by atoms with Gasteiger partial charge in [0, 0.05) is 31.6 Å². The molecule has 0 N–H and O–H groups in total. The van der Waals surface area contributed by atoms with Crippen molar-refractivity contribution in [3.05, 3.63) is 42.5 Å². The summed E-state index contributed by atoms with van der Waals surface area (Å²) in [6.07, 6.45) is 1.14. The molecule has 1 aliphatic heterocycles. The van der Waals surface area contributed by atoms with Crippen molar-refractivity contribution in [1.82, 2.24) is 9.80 Å². The fourth-order valence-electron chi connectivity index (χ4n) is 3.09. The molecule has 0 bridgehead atoms. The van der Waals surface area contributed by atoms with E-state index in [0.29, 0.717) is 18.8 Å². The topological polar surface area (TPSA) is 60.9 Å². The van der Waals surface area contributed by atoms with Gasteiger partial charge in [0.2, 0.25) is 15.9 Å². The lowest BCUT2D eigenvalue weighted by molar-refractivity contribution is -0.131. The maximum Gasteiger partial charge on any atom is 0.243 e. The number of carbonyl (C=O) groups is 1. The first-order chi connectivity index (χ1) is 11.9. The molecule has 2 aromatic rings. The Morgan fingerprint density at radius 3 is 2.36 bits per heavy atom. The molecule has 1 amide bonds. The van der Waals surface area contributed by atoms with E-state index in [1.165, 1.54) is 4.31 Å². The van der Waals surface area contributed by atoms with E-state index in [4.69, 9.17) is 0 Å². The molecule has 0 aliphatic carbocycles. The van der Waals surface area contributed by atoms with E-state index in [-0.39, 0.29) is 12.5 Å². The number of piperazine rings is 1. The summed E-state index contributed by atoms with van der Waals surface area (Å²) in [4.78, 5) is 16.6. The monoisotopic (exact) mass is 361 g/mol. The van der Waals surface area contributed by atoms with Crippen LogP contribution in [-0.2, 0) is 14.8 Å². The first-order valence-electron chi connectivity index (χ1n) is 8.28. The van der Waals surface area contributed by atoms with Crippen molar-refractivity contribution in [1.29, 1.82) is 0 Å². The number of hydrogen-bond donors (Lipinski definition) is 0. The van der Waals surface area contributed by atoms with Crippen LogP contribution in [0.5, 0.6) is 0 Å². The van der Waals surface area contributed by atoms with Crippen LogP contribution in [0.2, 0.25) is 0 Å². The van der Waals surface area contributed by atoms with Gasteiger partial charge in [0.15, 0.2) is 0 Å². The number of hydrogen-bond acceptors (Lipinski definition) is 4. The fraction of sp³-hybridized carbons (Fsp3) is 0.389. The Labute approximate surface area is 148 Å². The first kappa shape index (κ1) is 17.7. The predicted octanol–water partition coefficient (Wildman–Crippen LogP) is 1.38. The summed E-state index contributed by atoms with van der Waals surface area (Å²) in [6, 6.07) is 13.1. The highest BCUT2D eigenvalue weighted by molar-refractivity contribution is 7.92. The number of carbonyl (C=O) groups excluding carboxylic acids is 1. The summed E-state index contributed by atoms with van der Waals surface area (Å²) in [6.45, 7) is 2.69. The molecule has 0 aromatic heterocycles. The van der Waals surface area contributed by atoms with Gasteiger partial charge in [-0.05, 0) is 18.5 Å². The number of fused-ring (bicyclic) bond motifs is 1. The normalized spacial score (nSPS) is 16.2. The molecular weight excluding hydrogens is 338 g/mol. The van der Waals surface area contributed by atoms with Crippen molar-refractivity contribution in [3.63, 3.8) is 0 Å². The molecule has 1 aliphatic rings.